The second-order valence-corrected chi connectivity index (χ2v) is 5.65. The maximum Gasteiger partial charge on any atom is 0.308 e. The van der Waals surface area contributed by atoms with E-state index in [1.165, 1.54) is 0 Å². The fourth-order valence-corrected chi connectivity index (χ4v) is 2.75. The smallest absolute Gasteiger partial charge is 0.308 e. The number of carbonyl (C=O) groups excluding carboxylic acids is 1. The molecule has 2 unspecified atom stereocenters. The lowest BCUT2D eigenvalue weighted by Gasteiger charge is -2.34. The van der Waals surface area contributed by atoms with Crippen LogP contribution in [0.4, 0.5) is 0 Å². The molecule has 1 aliphatic heterocycles. The first-order valence-electron chi connectivity index (χ1n) is 6.80. The molecule has 2 rings (SSSR count). The van der Waals surface area contributed by atoms with Crippen molar-refractivity contribution in [3.8, 4) is 0 Å². The predicted molar refractivity (Wildman–Crippen MR) is 71.2 cm³/mol. The summed E-state index contributed by atoms with van der Waals surface area (Å²) in [4.78, 5) is 25.1. The highest BCUT2D eigenvalue weighted by Gasteiger charge is 2.32. The van der Waals surface area contributed by atoms with Crippen molar-refractivity contribution < 1.29 is 19.2 Å². The number of likely N-dealkylation sites (tertiary alicyclic amines) is 1. The molecule has 1 aromatic rings. The minimum absolute atomic E-state index is 0.0581. The molecule has 2 heterocycles. The van der Waals surface area contributed by atoms with Gasteiger partial charge in [0.1, 0.15) is 5.76 Å². The van der Waals surface area contributed by atoms with Crippen LogP contribution in [-0.4, -0.2) is 40.1 Å². The topological polar surface area (TPSA) is 83.6 Å². The van der Waals surface area contributed by atoms with Gasteiger partial charge in [0.05, 0.1) is 18.0 Å². The van der Waals surface area contributed by atoms with Crippen molar-refractivity contribution in [2.24, 2.45) is 11.8 Å². The fourth-order valence-electron chi connectivity index (χ4n) is 2.75. The molecule has 0 saturated carbocycles. The number of nitrogens with zero attached hydrogens (tertiary/aromatic N) is 2. The van der Waals surface area contributed by atoms with Gasteiger partial charge in [-0.05, 0) is 26.2 Å². The van der Waals surface area contributed by atoms with E-state index in [0.717, 1.165) is 11.3 Å². The SMILES string of the molecule is Cc1noc(C)c1CC(=O)N1CC(C)CC(C(=O)O)C1. The van der Waals surface area contributed by atoms with Crippen LogP contribution in [0, 0.1) is 25.7 Å². The second kappa shape index (κ2) is 5.64. The first-order chi connectivity index (χ1) is 9.38. The number of hydrogen-bond acceptors (Lipinski definition) is 4. The van der Waals surface area contributed by atoms with E-state index >= 15 is 0 Å². The maximum atomic E-state index is 12.3. The molecule has 20 heavy (non-hydrogen) atoms. The Labute approximate surface area is 117 Å². The molecule has 1 aromatic heterocycles. The van der Waals surface area contributed by atoms with Gasteiger partial charge in [-0.3, -0.25) is 9.59 Å². The van der Waals surface area contributed by atoms with Gasteiger partial charge in [-0.2, -0.15) is 0 Å². The molecule has 1 saturated heterocycles. The molecule has 0 aliphatic carbocycles. The van der Waals surface area contributed by atoms with E-state index in [9.17, 15) is 9.59 Å². The van der Waals surface area contributed by atoms with Gasteiger partial charge in [0.25, 0.3) is 0 Å². The lowest BCUT2D eigenvalue weighted by atomic mass is 9.90. The van der Waals surface area contributed by atoms with Crippen molar-refractivity contribution in [3.05, 3.63) is 17.0 Å². The zero-order chi connectivity index (χ0) is 14.9. The third-order valence-electron chi connectivity index (χ3n) is 3.87. The summed E-state index contributed by atoms with van der Waals surface area (Å²) in [5.74, 6) is -0.495. The molecule has 2 atom stereocenters. The Morgan fingerprint density at radius 3 is 2.65 bits per heavy atom. The second-order valence-electron chi connectivity index (χ2n) is 5.65. The Hall–Kier alpha value is -1.85. The fraction of sp³-hybridized carbons (Fsp3) is 0.643. The minimum Gasteiger partial charge on any atom is -0.481 e. The number of hydrogen-bond donors (Lipinski definition) is 1. The largest absolute Gasteiger partial charge is 0.481 e. The van der Waals surface area contributed by atoms with Gasteiger partial charge in [-0.25, -0.2) is 0 Å². The van der Waals surface area contributed by atoms with Crippen LogP contribution in [0.15, 0.2) is 4.52 Å². The Morgan fingerprint density at radius 2 is 2.10 bits per heavy atom. The van der Waals surface area contributed by atoms with E-state index in [-0.39, 0.29) is 18.2 Å². The maximum absolute atomic E-state index is 12.3. The summed E-state index contributed by atoms with van der Waals surface area (Å²) in [6, 6.07) is 0. The van der Waals surface area contributed by atoms with Crippen LogP contribution in [-0.2, 0) is 16.0 Å². The van der Waals surface area contributed by atoms with Crippen LogP contribution in [0.25, 0.3) is 0 Å². The van der Waals surface area contributed by atoms with Crippen LogP contribution < -0.4 is 0 Å². The molecule has 110 valence electrons. The molecule has 0 radical (unpaired) electrons. The summed E-state index contributed by atoms with van der Waals surface area (Å²) in [6.45, 7) is 6.47. The van der Waals surface area contributed by atoms with Crippen LogP contribution in [0.5, 0.6) is 0 Å². The number of aryl methyl sites for hydroxylation is 2. The average Bonchev–Trinajstić information content (AvgIpc) is 2.69. The molecule has 6 heteroatoms. The van der Waals surface area contributed by atoms with Crippen molar-refractivity contribution in [1.29, 1.82) is 0 Å². The van der Waals surface area contributed by atoms with E-state index < -0.39 is 11.9 Å². The number of rotatable bonds is 3. The highest BCUT2D eigenvalue weighted by molar-refractivity contribution is 5.80. The van der Waals surface area contributed by atoms with Gasteiger partial charge in [-0.1, -0.05) is 12.1 Å². The quantitative estimate of drug-likeness (QED) is 0.904. The highest BCUT2D eigenvalue weighted by Crippen LogP contribution is 2.23. The molecule has 0 aromatic carbocycles. The van der Waals surface area contributed by atoms with E-state index in [4.69, 9.17) is 9.63 Å². The van der Waals surface area contributed by atoms with Gasteiger partial charge in [-0.15, -0.1) is 0 Å². The molecule has 1 N–H and O–H groups in total. The summed E-state index contributed by atoms with van der Waals surface area (Å²) in [5.41, 5.74) is 1.52. The van der Waals surface area contributed by atoms with Crippen LogP contribution in [0.1, 0.15) is 30.4 Å². The Morgan fingerprint density at radius 1 is 1.40 bits per heavy atom. The van der Waals surface area contributed by atoms with Gasteiger partial charge in [0, 0.05) is 18.7 Å². The normalized spacial score (nSPS) is 22.9. The lowest BCUT2D eigenvalue weighted by molar-refractivity contribution is -0.146. The average molecular weight is 280 g/mol. The van der Waals surface area contributed by atoms with Crippen molar-refractivity contribution in [2.75, 3.05) is 13.1 Å². The zero-order valence-electron chi connectivity index (χ0n) is 12.0. The number of amides is 1. The highest BCUT2D eigenvalue weighted by atomic mass is 16.5. The van der Waals surface area contributed by atoms with Crippen molar-refractivity contribution in [3.63, 3.8) is 0 Å². The van der Waals surface area contributed by atoms with Gasteiger partial charge >= 0.3 is 5.97 Å². The van der Waals surface area contributed by atoms with E-state index in [0.29, 0.717) is 25.3 Å². The molecule has 1 fully saturated rings. The molecular weight excluding hydrogens is 260 g/mol. The van der Waals surface area contributed by atoms with E-state index in [1.807, 2.05) is 6.92 Å². The van der Waals surface area contributed by atoms with Crippen LogP contribution >= 0.6 is 0 Å². The van der Waals surface area contributed by atoms with Crippen LogP contribution in [0.2, 0.25) is 0 Å². The molecular formula is C14H20N2O4. The summed E-state index contributed by atoms with van der Waals surface area (Å²) in [7, 11) is 0. The number of carbonyl (C=O) groups is 2. The minimum atomic E-state index is -0.827. The molecule has 6 nitrogen and oxygen atoms in total. The molecule has 1 aliphatic rings. The molecule has 1 amide bonds. The number of aliphatic carboxylic acids is 1. The number of carboxylic acids is 1. The summed E-state index contributed by atoms with van der Waals surface area (Å²) < 4.78 is 5.05. The Balaban J connectivity index is 2.07. The lowest BCUT2D eigenvalue weighted by Crippen LogP contribution is -2.46. The number of aromatic nitrogens is 1. The van der Waals surface area contributed by atoms with Crippen molar-refractivity contribution in [2.45, 2.75) is 33.6 Å². The molecule has 0 spiro atoms. The summed E-state index contributed by atoms with van der Waals surface area (Å²) in [5, 5.41) is 13.0. The van der Waals surface area contributed by atoms with Gasteiger partial charge in [0.2, 0.25) is 5.91 Å². The summed E-state index contributed by atoms with van der Waals surface area (Å²) in [6.07, 6.45) is 0.852. The van der Waals surface area contributed by atoms with Crippen molar-refractivity contribution in [1.82, 2.24) is 10.1 Å². The Kier molecular flexibility index (Phi) is 4.11. The molecule has 0 bridgehead atoms. The number of piperidine rings is 1. The van der Waals surface area contributed by atoms with E-state index in [2.05, 4.69) is 5.16 Å². The standard InChI is InChI=1S/C14H20N2O4/c1-8-4-11(14(18)19)7-16(6-8)13(17)5-12-9(2)15-20-10(12)3/h8,11H,4-7H2,1-3H3,(H,18,19). The van der Waals surface area contributed by atoms with Gasteiger partial charge < -0.3 is 14.5 Å². The monoisotopic (exact) mass is 280 g/mol. The van der Waals surface area contributed by atoms with E-state index in [1.54, 1.807) is 18.7 Å². The first kappa shape index (κ1) is 14.6. The third-order valence-corrected chi connectivity index (χ3v) is 3.87. The first-order valence-corrected chi connectivity index (χ1v) is 6.80. The Bertz CT molecular complexity index is 504. The van der Waals surface area contributed by atoms with Gasteiger partial charge in [0.15, 0.2) is 0 Å². The summed E-state index contributed by atoms with van der Waals surface area (Å²) >= 11 is 0. The third kappa shape index (κ3) is 3.00. The van der Waals surface area contributed by atoms with Crippen LogP contribution in [0.3, 0.4) is 0 Å². The number of carboxylic acid groups (broad SMARTS) is 1. The van der Waals surface area contributed by atoms with Crippen molar-refractivity contribution >= 4 is 11.9 Å². The zero-order valence-corrected chi connectivity index (χ0v) is 12.0. The predicted octanol–water partition coefficient (Wildman–Crippen LogP) is 1.40.